The molecule has 5 heterocycles. The Balaban J connectivity index is 1.08. The van der Waals surface area contributed by atoms with Crippen molar-refractivity contribution in [1.82, 2.24) is 29.2 Å². The summed E-state index contributed by atoms with van der Waals surface area (Å²) in [4.78, 5) is 50.8. The van der Waals surface area contributed by atoms with Crippen LogP contribution in [0.4, 0.5) is 36.8 Å². The van der Waals surface area contributed by atoms with E-state index in [0.717, 1.165) is 25.7 Å². The number of benzene rings is 2. The van der Waals surface area contributed by atoms with Gasteiger partial charge in [-0.25, -0.2) is 9.59 Å². The SMILES string of the molecule is CN1C2CCC1CC(N1CCN(C(=O)[C@@H](Cc3cc(C(F)(F)F)c(N)c(C(F)(F)F)c3)OC(=O)N3CCC(n4c(=O)[nH]c5ccccc54)CC3)CC1)C2. The molecule has 7 rings (SSSR count). The Hall–Kier alpha value is -4.25. The molecule has 17 heteroatoms. The number of aromatic nitrogens is 2. The molecule has 2 aromatic carbocycles. The number of H-pyrrole nitrogens is 1. The predicted octanol–water partition coefficient (Wildman–Crippen LogP) is 5.10. The van der Waals surface area contributed by atoms with Crippen molar-refractivity contribution in [2.75, 3.05) is 52.0 Å². The second-order valence-electron chi connectivity index (χ2n) is 14.7. The van der Waals surface area contributed by atoms with Crippen LogP contribution in [0.1, 0.15) is 61.3 Å². The van der Waals surface area contributed by atoms with Crippen molar-refractivity contribution < 1.29 is 40.7 Å². The molecule has 1 aromatic heterocycles. The zero-order chi connectivity index (χ0) is 37.8. The average molecular weight is 752 g/mol. The number of alkyl halides is 6. The number of fused-ring (bicyclic) bond motifs is 3. The highest BCUT2D eigenvalue weighted by Gasteiger charge is 2.43. The minimum atomic E-state index is -5.21. The number of carbonyl (C=O) groups excluding carboxylic acids is 2. The highest BCUT2D eigenvalue weighted by atomic mass is 19.4. The Morgan fingerprint density at radius 3 is 2.00 bits per heavy atom. The van der Waals surface area contributed by atoms with Crippen molar-refractivity contribution in [3.05, 3.63) is 63.6 Å². The monoisotopic (exact) mass is 751 g/mol. The molecule has 4 saturated heterocycles. The van der Waals surface area contributed by atoms with Gasteiger partial charge >= 0.3 is 24.1 Å². The van der Waals surface area contributed by atoms with Crippen molar-refractivity contribution >= 4 is 28.7 Å². The molecule has 4 fully saturated rings. The van der Waals surface area contributed by atoms with Crippen LogP contribution in [0.25, 0.3) is 11.0 Å². The number of nitrogens with two attached hydrogens (primary N) is 1. The number of rotatable bonds is 6. The van der Waals surface area contributed by atoms with Crippen molar-refractivity contribution in [3.63, 3.8) is 0 Å². The van der Waals surface area contributed by atoms with E-state index in [0.29, 0.717) is 67.2 Å². The summed E-state index contributed by atoms with van der Waals surface area (Å²) in [7, 11) is 2.15. The number of hydrogen-bond donors (Lipinski definition) is 2. The number of piperidine rings is 2. The van der Waals surface area contributed by atoms with E-state index in [1.807, 2.05) is 12.1 Å². The molecule has 11 nitrogen and oxygen atoms in total. The molecule has 4 aliphatic heterocycles. The smallest absolute Gasteiger partial charge is 0.418 e. The minimum Gasteiger partial charge on any atom is -0.436 e. The summed E-state index contributed by atoms with van der Waals surface area (Å²) in [6.45, 7) is 1.90. The van der Waals surface area contributed by atoms with Gasteiger partial charge in [-0.05, 0) is 75.4 Å². The van der Waals surface area contributed by atoms with E-state index >= 15 is 0 Å². The lowest BCUT2D eigenvalue weighted by molar-refractivity contribution is -0.143. The normalized spacial score (nSPS) is 24.2. The summed E-state index contributed by atoms with van der Waals surface area (Å²) in [5, 5.41) is 0. The summed E-state index contributed by atoms with van der Waals surface area (Å²) in [6.07, 6.45) is -8.68. The molecule has 3 aromatic rings. The number of halogens is 6. The number of amides is 2. The topological polar surface area (TPSA) is 120 Å². The molecular formula is C36H43F6N7O4. The van der Waals surface area contributed by atoms with E-state index in [4.69, 9.17) is 10.5 Å². The first kappa shape index (κ1) is 37.1. The molecule has 3 N–H and O–H groups in total. The van der Waals surface area contributed by atoms with Crippen molar-refractivity contribution in [3.8, 4) is 0 Å². The third-order valence-corrected chi connectivity index (χ3v) is 11.7. The third-order valence-electron chi connectivity index (χ3n) is 11.7. The van der Waals surface area contributed by atoms with Gasteiger partial charge in [0.1, 0.15) is 0 Å². The number of imidazole rings is 1. The minimum absolute atomic E-state index is 0.145. The Labute approximate surface area is 301 Å². The molecular weight excluding hydrogens is 708 g/mol. The van der Waals surface area contributed by atoms with Crippen LogP contribution in [0.15, 0.2) is 41.2 Å². The van der Waals surface area contributed by atoms with E-state index < -0.39 is 59.3 Å². The Bertz CT molecular complexity index is 1850. The molecule has 0 saturated carbocycles. The second kappa shape index (κ2) is 14.2. The Morgan fingerprint density at radius 1 is 0.830 bits per heavy atom. The van der Waals surface area contributed by atoms with Crippen LogP contribution in [0.5, 0.6) is 0 Å². The number of piperazine rings is 1. The van der Waals surface area contributed by atoms with E-state index in [2.05, 4.69) is 21.8 Å². The zero-order valence-corrected chi connectivity index (χ0v) is 29.3. The van der Waals surface area contributed by atoms with E-state index in [9.17, 15) is 40.7 Å². The quantitative estimate of drug-likeness (QED) is 0.266. The summed E-state index contributed by atoms with van der Waals surface area (Å²) in [5.74, 6) is -0.694. The predicted molar refractivity (Wildman–Crippen MR) is 183 cm³/mol. The second-order valence-corrected chi connectivity index (χ2v) is 14.7. The van der Waals surface area contributed by atoms with Gasteiger partial charge in [0.2, 0.25) is 0 Å². The van der Waals surface area contributed by atoms with Gasteiger partial charge in [0.15, 0.2) is 6.10 Å². The fourth-order valence-corrected chi connectivity index (χ4v) is 8.83. The van der Waals surface area contributed by atoms with Crippen LogP contribution in [0.2, 0.25) is 0 Å². The molecule has 0 aliphatic carbocycles. The van der Waals surface area contributed by atoms with Gasteiger partial charge in [-0.2, -0.15) is 26.3 Å². The first-order valence-electron chi connectivity index (χ1n) is 18.0. The van der Waals surface area contributed by atoms with E-state index in [-0.39, 0.29) is 37.9 Å². The molecule has 288 valence electrons. The van der Waals surface area contributed by atoms with Crippen molar-refractivity contribution in [2.45, 2.75) is 87.6 Å². The van der Waals surface area contributed by atoms with Gasteiger partial charge in [0.05, 0.1) is 27.8 Å². The third kappa shape index (κ3) is 7.46. The maximum atomic E-state index is 14.1. The number of carbonyl (C=O) groups is 2. The molecule has 2 amide bonds. The highest BCUT2D eigenvalue weighted by Crippen LogP contribution is 2.42. The summed E-state index contributed by atoms with van der Waals surface area (Å²) >= 11 is 0. The highest BCUT2D eigenvalue weighted by molar-refractivity contribution is 5.84. The first-order valence-corrected chi connectivity index (χ1v) is 18.0. The number of ether oxygens (including phenoxy) is 1. The fraction of sp³-hybridized carbons (Fsp3) is 0.583. The van der Waals surface area contributed by atoms with Crippen LogP contribution < -0.4 is 11.4 Å². The van der Waals surface area contributed by atoms with Crippen LogP contribution in [0, 0.1) is 0 Å². The Kier molecular flexibility index (Phi) is 9.93. The van der Waals surface area contributed by atoms with Crippen molar-refractivity contribution in [2.24, 2.45) is 0 Å². The average Bonchev–Trinajstić information content (AvgIpc) is 3.53. The molecule has 0 radical (unpaired) electrons. The number of nitrogens with zero attached hydrogens (tertiary/aromatic N) is 5. The lowest BCUT2D eigenvalue weighted by Crippen LogP contribution is -2.57. The van der Waals surface area contributed by atoms with Crippen LogP contribution in [-0.2, 0) is 28.3 Å². The van der Waals surface area contributed by atoms with Crippen LogP contribution in [-0.4, -0.2) is 112 Å². The van der Waals surface area contributed by atoms with Crippen LogP contribution in [0.3, 0.4) is 0 Å². The number of nitrogens with one attached hydrogen (secondary N) is 1. The summed E-state index contributed by atoms with van der Waals surface area (Å²) in [5.41, 5.74) is 1.12. The fourth-order valence-electron chi connectivity index (χ4n) is 8.83. The van der Waals surface area contributed by atoms with Crippen molar-refractivity contribution in [1.29, 1.82) is 0 Å². The molecule has 53 heavy (non-hydrogen) atoms. The first-order chi connectivity index (χ1) is 25.1. The number of nitrogen functional groups attached to an aromatic ring is 1. The number of likely N-dealkylation sites (tertiary alicyclic amines) is 1. The van der Waals surface area contributed by atoms with Gasteiger partial charge in [-0.3, -0.25) is 14.3 Å². The van der Waals surface area contributed by atoms with E-state index in [1.165, 1.54) is 9.80 Å². The maximum Gasteiger partial charge on any atom is 0.418 e. The summed E-state index contributed by atoms with van der Waals surface area (Å²) < 4.78 is 90.7. The van der Waals surface area contributed by atoms with E-state index in [1.54, 1.807) is 16.7 Å². The number of hydrogen-bond acceptors (Lipinski definition) is 7. The molecule has 4 aliphatic rings. The van der Waals surface area contributed by atoms with Gasteiger partial charge in [-0.1, -0.05) is 12.1 Å². The van der Waals surface area contributed by atoms with Gasteiger partial charge in [0, 0.05) is 69.9 Å². The number of aromatic amines is 1. The van der Waals surface area contributed by atoms with Gasteiger partial charge in [-0.15, -0.1) is 0 Å². The maximum absolute atomic E-state index is 14.1. The number of para-hydroxylation sites is 2. The summed E-state index contributed by atoms with van der Waals surface area (Å²) in [6, 6.07) is 9.31. The standard InChI is InChI=1S/C36H43F6N7O4/c1-45-23-6-7-24(45)20-25(19-23)46-12-14-47(15-13-46)32(50)30(18-21-16-26(35(37,38)39)31(43)27(17-21)36(40,41)42)53-34(52)48-10-8-22(9-11-48)49-29-5-3-2-4-28(29)44-33(49)51/h2-5,16-17,22-25,30H,6-15,18-20,43H2,1H3,(H,44,51)/t23?,24?,25?,30-/m1/s1. The Morgan fingerprint density at radius 2 is 1.42 bits per heavy atom. The molecule has 2 unspecified atom stereocenters. The number of anilines is 1. The zero-order valence-electron chi connectivity index (χ0n) is 29.3. The van der Waals surface area contributed by atoms with Crippen LogP contribution >= 0.6 is 0 Å². The molecule has 2 bridgehead atoms. The van der Waals surface area contributed by atoms with Gasteiger partial charge in [0.25, 0.3) is 5.91 Å². The lowest BCUT2D eigenvalue weighted by Gasteiger charge is -2.45. The van der Waals surface area contributed by atoms with Gasteiger partial charge < -0.3 is 30.2 Å². The lowest BCUT2D eigenvalue weighted by atomic mass is 9.95. The largest absolute Gasteiger partial charge is 0.436 e. The molecule has 0 spiro atoms. The molecule has 3 atom stereocenters.